The van der Waals surface area contributed by atoms with Crippen molar-refractivity contribution in [1.82, 2.24) is 0 Å². The van der Waals surface area contributed by atoms with Crippen LogP contribution in [0.4, 0.5) is 37.7 Å². The van der Waals surface area contributed by atoms with Crippen LogP contribution in [-0.2, 0) is 5.41 Å². The summed E-state index contributed by atoms with van der Waals surface area (Å²) in [5, 5.41) is 0. The minimum absolute atomic E-state index is 0.127. The molecule has 0 atom stereocenters. The summed E-state index contributed by atoms with van der Waals surface area (Å²) in [7, 11) is 5.97. The number of rotatable bonds is 2. The molecule has 0 aliphatic heterocycles. The molecule has 2 aromatic carbocycles. The number of alkyl halides is 6. The third-order valence-corrected chi connectivity index (χ3v) is 5.19. The van der Waals surface area contributed by atoms with Gasteiger partial charge in [0.25, 0.3) is 0 Å². The topological polar surface area (TPSA) is 23.6 Å². The van der Waals surface area contributed by atoms with Crippen LogP contribution in [-0.4, -0.2) is 46.3 Å². The molecule has 156 valence electrons. The molecule has 1 aliphatic carbocycles. The molecular weight excluding hydrogens is 398 g/mol. The van der Waals surface area contributed by atoms with E-state index >= 15 is 0 Å². The summed E-state index contributed by atoms with van der Waals surface area (Å²) in [6.45, 7) is 0. The molecule has 0 spiro atoms. The fourth-order valence-electron chi connectivity index (χ4n) is 3.70. The Morgan fingerprint density at radius 2 is 1.03 bits per heavy atom. The molecule has 2 aromatic rings. The second-order valence-corrected chi connectivity index (χ2v) is 7.32. The molecule has 0 bridgehead atoms. The first-order chi connectivity index (χ1) is 13.2. The van der Waals surface area contributed by atoms with Crippen molar-refractivity contribution in [2.75, 3.05) is 38.0 Å². The molecule has 1 aliphatic rings. The van der Waals surface area contributed by atoms with Gasteiger partial charge < -0.3 is 9.80 Å². The summed E-state index contributed by atoms with van der Waals surface area (Å²) in [5.41, 5.74) is -7.47. The highest BCUT2D eigenvalue weighted by molar-refractivity contribution is 6.14. The van der Waals surface area contributed by atoms with Gasteiger partial charge in [0.05, 0.1) is 0 Å². The number of nitrogens with zero attached hydrogens (tertiary/aromatic N) is 2. The molecule has 3 nitrogen and oxygen atoms in total. The van der Waals surface area contributed by atoms with Crippen LogP contribution in [0.5, 0.6) is 0 Å². The van der Waals surface area contributed by atoms with Crippen LogP contribution in [0, 0.1) is 0 Å². The van der Waals surface area contributed by atoms with Gasteiger partial charge in [-0.15, -0.1) is 0 Å². The Balaban J connectivity index is 2.55. The van der Waals surface area contributed by atoms with E-state index < -0.39 is 45.8 Å². The average molecular weight is 416 g/mol. The fourth-order valence-corrected chi connectivity index (χ4v) is 3.70. The zero-order chi connectivity index (χ0) is 21.9. The molecule has 0 unspecified atom stereocenters. The molecule has 0 aromatic heterocycles. The Morgan fingerprint density at radius 3 is 1.31 bits per heavy atom. The SMILES string of the molecule is CN(C)c1ccc2c(c1)C(C(F)(F)F)(C(F)(F)F)c1cc(N(C)C)ccc1C2=O. The number of benzene rings is 2. The normalized spacial score (nSPS) is 15.6. The number of carbonyl (C=O) groups excluding carboxylic acids is 1. The third kappa shape index (κ3) is 2.86. The molecule has 0 heterocycles. The van der Waals surface area contributed by atoms with Gasteiger partial charge in [-0.05, 0) is 47.5 Å². The molecule has 9 heteroatoms. The zero-order valence-electron chi connectivity index (χ0n) is 16.0. The molecule has 0 amide bonds. The Morgan fingerprint density at radius 1 is 0.690 bits per heavy atom. The first-order valence-corrected chi connectivity index (χ1v) is 8.55. The third-order valence-electron chi connectivity index (χ3n) is 5.19. The minimum atomic E-state index is -5.73. The highest BCUT2D eigenvalue weighted by Gasteiger charge is 2.75. The van der Waals surface area contributed by atoms with E-state index in [1.54, 1.807) is 0 Å². The van der Waals surface area contributed by atoms with Crippen LogP contribution >= 0.6 is 0 Å². The molecule has 3 rings (SSSR count). The van der Waals surface area contributed by atoms with Crippen LogP contribution in [0.1, 0.15) is 27.0 Å². The van der Waals surface area contributed by atoms with Crippen LogP contribution in [0.2, 0.25) is 0 Å². The van der Waals surface area contributed by atoms with Gasteiger partial charge in [0.1, 0.15) is 0 Å². The molecule has 0 saturated heterocycles. The van der Waals surface area contributed by atoms with E-state index in [4.69, 9.17) is 0 Å². The average Bonchev–Trinajstić information content (AvgIpc) is 2.58. The van der Waals surface area contributed by atoms with E-state index in [-0.39, 0.29) is 11.4 Å². The van der Waals surface area contributed by atoms with Gasteiger partial charge in [0, 0.05) is 50.7 Å². The summed E-state index contributed by atoms with van der Waals surface area (Å²) < 4.78 is 86.3. The minimum Gasteiger partial charge on any atom is -0.378 e. The lowest BCUT2D eigenvalue weighted by atomic mass is 9.64. The van der Waals surface area contributed by atoms with Gasteiger partial charge >= 0.3 is 12.4 Å². The van der Waals surface area contributed by atoms with Crippen molar-refractivity contribution in [1.29, 1.82) is 0 Å². The quantitative estimate of drug-likeness (QED) is 0.659. The Kier molecular flexibility index (Phi) is 4.64. The van der Waals surface area contributed by atoms with E-state index in [0.717, 1.165) is 24.3 Å². The molecule has 0 N–H and O–H groups in total. The Bertz CT molecular complexity index is 898. The lowest BCUT2D eigenvalue weighted by Gasteiger charge is -2.43. The first-order valence-electron chi connectivity index (χ1n) is 8.55. The summed E-state index contributed by atoms with van der Waals surface area (Å²) in [6.07, 6.45) is -11.5. The maximum Gasteiger partial charge on any atom is 0.411 e. The van der Waals surface area contributed by atoms with Crippen molar-refractivity contribution >= 4 is 17.2 Å². The van der Waals surface area contributed by atoms with Crippen LogP contribution < -0.4 is 9.80 Å². The van der Waals surface area contributed by atoms with Crippen molar-refractivity contribution in [3.05, 3.63) is 58.7 Å². The Labute approximate surface area is 163 Å². The number of ketones is 1. The summed E-state index contributed by atoms with van der Waals surface area (Å²) in [5.74, 6) is -0.866. The molecule has 0 radical (unpaired) electrons. The highest BCUT2D eigenvalue weighted by Crippen LogP contribution is 2.60. The maximum absolute atomic E-state index is 14.4. The summed E-state index contributed by atoms with van der Waals surface area (Å²) in [4.78, 5) is 15.6. The van der Waals surface area contributed by atoms with E-state index in [1.165, 1.54) is 50.1 Å². The second kappa shape index (κ2) is 6.40. The number of carbonyl (C=O) groups is 1. The van der Waals surface area contributed by atoms with Gasteiger partial charge in [0.15, 0.2) is 5.78 Å². The van der Waals surface area contributed by atoms with Crippen molar-refractivity contribution in [3.8, 4) is 0 Å². The van der Waals surface area contributed by atoms with Gasteiger partial charge in [-0.3, -0.25) is 4.79 Å². The predicted molar refractivity (Wildman–Crippen MR) is 97.9 cm³/mol. The number of halogens is 6. The van der Waals surface area contributed by atoms with Crippen LogP contribution in [0.25, 0.3) is 0 Å². The lowest BCUT2D eigenvalue weighted by Crippen LogP contribution is -2.57. The summed E-state index contributed by atoms with van der Waals surface area (Å²) in [6, 6.07) is 6.32. The van der Waals surface area contributed by atoms with E-state index in [0.29, 0.717) is 0 Å². The monoisotopic (exact) mass is 416 g/mol. The molecule has 0 fully saturated rings. The predicted octanol–water partition coefficient (Wildman–Crippen LogP) is 4.77. The number of anilines is 2. The second-order valence-electron chi connectivity index (χ2n) is 7.32. The number of hydrogen-bond donors (Lipinski definition) is 0. The van der Waals surface area contributed by atoms with Gasteiger partial charge in [0.2, 0.25) is 5.41 Å². The largest absolute Gasteiger partial charge is 0.411 e. The van der Waals surface area contributed by atoms with Crippen LogP contribution in [0.3, 0.4) is 0 Å². The van der Waals surface area contributed by atoms with Crippen molar-refractivity contribution in [2.24, 2.45) is 0 Å². The van der Waals surface area contributed by atoms with E-state index in [9.17, 15) is 31.1 Å². The fraction of sp³-hybridized carbons (Fsp3) is 0.350. The van der Waals surface area contributed by atoms with Crippen molar-refractivity contribution < 1.29 is 31.1 Å². The summed E-state index contributed by atoms with van der Waals surface area (Å²) >= 11 is 0. The van der Waals surface area contributed by atoms with E-state index in [2.05, 4.69) is 0 Å². The van der Waals surface area contributed by atoms with Crippen molar-refractivity contribution in [2.45, 2.75) is 17.8 Å². The zero-order valence-corrected chi connectivity index (χ0v) is 16.0. The molecule has 0 saturated carbocycles. The first kappa shape index (κ1) is 21.0. The van der Waals surface area contributed by atoms with Gasteiger partial charge in [-0.2, -0.15) is 26.3 Å². The van der Waals surface area contributed by atoms with Crippen LogP contribution in [0.15, 0.2) is 36.4 Å². The number of fused-ring (bicyclic) bond motifs is 2. The standard InChI is InChI=1S/C20H18F6N2O/c1-27(2)11-5-7-13-15(9-11)18(19(21,22)23,20(24,25)26)16-10-12(28(3)4)6-8-14(16)17(13)29/h5-10H,1-4H3. The molecule has 29 heavy (non-hydrogen) atoms. The Hall–Kier alpha value is -2.71. The number of hydrogen-bond acceptors (Lipinski definition) is 3. The molecular formula is C20H18F6N2O. The van der Waals surface area contributed by atoms with E-state index in [1.807, 2.05) is 0 Å². The smallest absolute Gasteiger partial charge is 0.378 e. The van der Waals surface area contributed by atoms with Gasteiger partial charge in [-0.25, -0.2) is 0 Å². The maximum atomic E-state index is 14.4. The van der Waals surface area contributed by atoms with Gasteiger partial charge in [-0.1, -0.05) is 0 Å². The highest BCUT2D eigenvalue weighted by atomic mass is 19.4. The lowest BCUT2D eigenvalue weighted by molar-refractivity contribution is -0.289. The van der Waals surface area contributed by atoms with Crippen molar-refractivity contribution in [3.63, 3.8) is 0 Å².